The Hall–Kier alpha value is -1.66. The maximum atomic E-state index is 11.8. The Morgan fingerprint density at radius 3 is 2.63 bits per heavy atom. The smallest absolute Gasteiger partial charge is 0.211 e. The van der Waals surface area contributed by atoms with E-state index in [-0.39, 0.29) is 5.75 Å². The average molecular weight is 279 g/mol. The van der Waals surface area contributed by atoms with Gasteiger partial charge in [-0.3, -0.25) is 0 Å². The van der Waals surface area contributed by atoms with Crippen LogP contribution in [-0.2, 0) is 22.9 Å². The number of hydrogen-bond donors (Lipinski definition) is 2. The van der Waals surface area contributed by atoms with Crippen LogP contribution in [-0.4, -0.2) is 30.7 Å². The number of aromatic nitrogens is 2. The van der Waals surface area contributed by atoms with Gasteiger partial charge in [-0.1, -0.05) is 30.3 Å². The molecule has 0 amide bonds. The van der Waals surface area contributed by atoms with Gasteiger partial charge < -0.3 is 4.98 Å². The van der Waals surface area contributed by atoms with Crippen LogP contribution in [0, 0.1) is 0 Å². The number of rotatable bonds is 7. The third-order valence-corrected chi connectivity index (χ3v) is 4.13. The highest BCUT2D eigenvalue weighted by molar-refractivity contribution is 7.89. The summed E-state index contributed by atoms with van der Waals surface area (Å²) in [5.74, 6) is 0.889. The number of H-pyrrole nitrogens is 1. The molecule has 19 heavy (non-hydrogen) atoms. The molecule has 102 valence electrons. The van der Waals surface area contributed by atoms with E-state index in [1.807, 2.05) is 30.3 Å². The van der Waals surface area contributed by atoms with Crippen LogP contribution in [0.3, 0.4) is 0 Å². The summed E-state index contributed by atoms with van der Waals surface area (Å²) in [5, 5.41) is 0. The molecule has 0 saturated carbocycles. The van der Waals surface area contributed by atoms with E-state index in [2.05, 4.69) is 14.7 Å². The highest BCUT2D eigenvalue weighted by Gasteiger charge is 2.09. The lowest BCUT2D eigenvalue weighted by atomic mass is 10.2. The van der Waals surface area contributed by atoms with Crippen LogP contribution >= 0.6 is 0 Å². The summed E-state index contributed by atoms with van der Waals surface area (Å²) in [5.41, 5.74) is 1.03. The second-order valence-corrected chi connectivity index (χ2v) is 6.16. The number of imidazole rings is 1. The molecule has 0 bridgehead atoms. The van der Waals surface area contributed by atoms with Crippen molar-refractivity contribution in [2.45, 2.75) is 12.8 Å². The van der Waals surface area contributed by atoms with Crippen LogP contribution in [0.5, 0.6) is 0 Å². The summed E-state index contributed by atoms with van der Waals surface area (Å²) >= 11 is 0. The van der Waals surface area contributed by atoms with Crippen molar-refractivity contribution >= 4 is 10.0 Å². The monoisotopic (exact) mass is 279 g/mol. The van der Waals surface area contributed by atoms with Crippen LogP contribution < -0.4 is 4.72 Å². The number of hydrogen-bond acceptors (Lipinski definition) is 3. The molecule has 1 heterocycles. The standard InChI is InChI=1S/C13H17N3O2S/c17-19(18,11-7-12-4-2-1-3-5-12)16-8-6-13-14-9-10-15-13/h1-5,9-10,16H,6-8,11H2,(H,14,15). The van der Waals surface area contributed by atoms with Gasteiger partial charge in [-0.15, -0.1) is 0 Å². The van der Waals surface area contributed by atoms with E-state index >= 15 is 0 Å². The summed E-state index contributed by atoms with van der Waals surface area (Å²) in [4.78, 5) is 6.97. The predicted molar refractivity (Wildman–Crippen MR) is 74.2 cm³/mol. The highest BCUT2D eigenvalue weighted by atomic mass is 32.2. The van der Waals surface area contributed by atoms with Gasteiger partial charge in [0.15, 0.2) is 0 Å². The van der Waals surface area contributed by atoms with E-state index in [0.717, 1.165) is 11.4 Å². The van der Waals surface area contributed by atoms with Crippen molar-refractivity contribution < 1.29 is 8.42 Å². The fourth-order valence-corrected chi connectivity index (χ4v) is 2.79. The second kappa shape index (κ2) is 6.49. The quantitative estimate of drug-likeness (QED) is 0.797. The molecule has 0 radical (unpaired) electrons. The summed E-state index contributed by atoms with van der Waals surface area (Å²) in [6, 6.07) is 9.59. The summed E-state index contributed by atoms with van der Waals surface area (Å²) in [6.45, 7) is 0.366. The average Bonchev–Trinajstić information content (AvgIpc) is 2.91. The SMILES string of the molecule is O=S(=O)(CCc1ccccc1)NCCc1ncc[nH]1. The number of sulfonamides is 1. The molecule has 2 N–H and O–H groups in total. The third kappa shape index (κ3) is 4.84. The molecular formula is C13H17N3O2S. The van der Waals surface area contributed by atoms with Gasteiger partial charge in [-0.2, -0.15) is 0 Å². The van der Waals surface area contributed by atoms with Crippen molar-refractivity contribution in [3.05, 3.63) is 54.1 Å². The van der Waals surface area contributed by atoms with Crippen LogP contribution in [0.4, 0.5) is 0 Å². The van der Waals surface area contributed by atoms with Gasteiger partial charge in [0, 0.05) is 25.4 Å². The molecule has 0 spiro atoms. The molecule has 1 aromatic heterocycles. The van der Waals surface area contributed by atoms with Crippen molar-refractivity contribution in [1.29, 1.82) is 0 Å². The third-order valence-electron chi connectivity index (χ3n) is 2.74. The van der Waals surface area contributed by atoms with Gasteiger partial charge in [0.1, 0.15) is 5.82 Å². The molecule has 6 heteroatoms. The van der Waals surface area contributed by atoms with E-state index < -0.39 is 10.0 Å². The summed E-state index contributed by atoms with van der Waals surface area (Å²) in [7, 11) is -3.22. The predicted octanol–water partition coefficient (Wildman–Crippen LogP) is 1.11. The molecule has 1 aromatic carbocycles. The maximum absolute atomic E-state index is 11.8. The van der Waals surface area contributed by atoms with E-state index in [1.54, 1.807) is 12.4 Å². The number of aryl methyl sites for hydroxylation is 1. The Morgan fingerprint density at radius 2 is 1.95 bits per heavy atom. The normalized spacial score (nSPS) is 11.6. The van der Waals surface area contributed by atoms with E-state index in [9.17, 15) is 8.42 Å². The van der Waals surface area contributed by atoms with Crippen molar-refractivity contribution in [2.24, 2.45) is 0 Å². The van der Waals surface area contributed by atoms with E-state index in [1.165, 1.54) is 0 Å². The molecule has 0 aliphatic heterocycles. The Balaban J connectivity index is 1.76. The van der Waals surface area contributed by atoms with Gasteiger partial charge in [0.2, 0.25) is 10.0 Å². The summed E-state index contributed by atoms with van der Waals surface area (Å²) < 4.78 is 26.2. The zero-order valence-corrected chi connectivity index (χ0v) is 11.4. The maximum Gasteiger partial charge on any atom is 0.211 e. The Bertz CT molecular complexity index is 580. The molecule has 0 unspecified atom stereocenters. The van der Waals surface area contributed by atoms with Gasteiger partial charge in [0.25, 0.3) is 0 Å². The number of nitrogens with zero attached hydrogens (tertiary/aromatic N) is 1. The summed E-state index contributed by atoms with van der Waals surface area (Å²) in [6.07, 6.45) is 4.47. The van der Waals surface area contributed by atoms with Crippen LogP contribution in [0.25, 0.3) is 0 Å². The van der Waals surface area contributed by atoms with Crippen LogP contribution in [0.15, 0.2) is 42.7 Å². The van der Waals surface area contributed by atoms with Crippen molar-refractivity contribution in [3.63, 3.8) is 0 Å². The van der Waals surface area contributed by atoms with E-state index in [4.69, 9.17) is 0 Å². The number of nitrogens with one attached hydrogen (secondary N) is 2. The zero-order valence-electron chi connectivity index (χ0n) is 10.5. The Morgan fingerprint density at radius 1 is 1.16 bits per heavy atom. The number of aromatic amines is 1. The van der Waals surface area contributed by atoms with Crippen molar-refractivity contribution in [3.8, 4) is 0 Å². The minimum absolute atomic E-state index is 0.106. The molecule has 0 aliphatic carbocycles. The van der Waals surface area contributed by atoms with Crippen molar-refractivity contribution in [1.82, 2.24) is 14.7 Å². The van der Waals surface area contributed by atoms with Crippen LogP contribution in [0.2, 0.25) is 0 Å². The van der Waals surface area contributed by atoms with E-state index in [0.29, 0.717) is 19.4 Å². The Kier molecular flexibility index (Phi) is 4.70. The molecular weight excluding hydrogens is 262 g/mol. The van der Waals surface area contributed by atoms with Gasteiger partial charge >= 0.3 is 0 Å². The fraction of sp³-hybridized carbons (Fsp3) is 0.308. The van der Waals surface area contributed by atoms with Crippen molar-refractivity contribution in [2.75, 3.05) is 12.3 Å². The topological polar surface area (TPSA) is 74.8 Å². The lowest BCUT2D eigenvalue weighted by Crippen LogP contribution is -2.29. The second-order valence-electron chi connectivity index (χ2n) is 4.23. The lowest BCUT2D eigenvalue weighted by molar-refractivity contribution is 0.580. The first-order chi connectivity index (χ1) is 9.16. The Labute approximate surface area is 113 Å². The molecule has 2 rings (SSSR count). The molecule has 0 fully saturated rings. The molecule has 0 saturated heterocycles. The minimum Gasteiger partial charge on any atom is -0.349 e. The number of benzene rings is 1. The molecule has 5 nitrogen and oxygen atoms in total. The molecule has 2 aromatic rings. The highest BCUT2D eigenvalue weighted by Crippen LogP contribution is 2.01. The first-order valence-electron chi connectivity index (χ1n) is 6.15. The fourth-order valence-electron chi connectivity index (χ4n) is 1.73. The lowest BCUT2D eigenvalue weighted by Gasteiger charge is -2.06. The molecule has 0 atom stereocenters. The largest absolute Gasteiger partial charge is 0.349 e. The van der Waals surface area contributed by atoms with Gasteiger partial charge in [-0.25, -0.2) is 18.1 Å². The van der Waals surface area contributed by atoms with Crippen LogP contribution in [0.1, 0.15) is 11.4 Å². The first kappa shape index (κ1) is 13.8. The minimum atomic E-state index is -3.22. The van der Waals surface area contributed by atoms with Gasteiger partial charge in [0.05, 0.1) is 5.75 Å². The molecule has 0 aliphatic rings. The first-order valence-corrected chi connectivity index (χ1v) is 7.80. The van der Waals surface area contributed by atoms with Gasteiger partial charge in [-0.05, 0) is 12.0 Å². The zero-order chi connectivity index (χ0) is 13.6.